The first-order valence-electron chi connectivity index (χ1n) is 10.2. The van der Waals surface area contributed by atoms with Gasteiger partial charge in [-0.15, -0.1) is 0 Å². The Morgan fingerprint density at radius 2 is 1.28 bits per heavy atom. The fraction of sp³-hybridized carbons (Fsp3) is 0.682. The summed E-state index contributed by atoms with van der Waals surface area (Å²) in [5.74, 6) is 0.312. The van der Waals surface area contributed by atoms with Crippen LogP contribution in [0.1, 0.15) is 96.3 Å². The summed E-state index contributed by atoms with van der Waals surface area (Å²) in [4.78, 5) is 10.4. The number of allylic oxidation sites excluding steroid dienone is 4. The molecule has 1 N–H and O–H groups in total. The van der Waals surface area contributed by atoms with Gasteiger partial charge >= 0.3 is 5.97 Å². The molecular weight excluding hydrogens is 312 g/mol. The van der Waals surface area contributed by atoms with Gasteiger partial charge in [-0.3, -0.25) is 4.79 Å². The molecule has 0 aromatic carbocycles. The number of ether oxygens (including phenoxy) is 1. The molecule has 0 spiro atoms. The van der Waals surface area contributed by atoms with Crippen molar-refractivity contribution < 1.29 is 14.6 Å². The van der Waals surface area contributed by atoms with Crippen LogP contribution in [0.5, 0.6) is 0 Å². The Kier molecular flexibility index (Phi) is 13.8. The van der Waals surface area contributed by atoms with E-state index in [0.29, 0.717) is 6.42 Å². The maximum Gasteiger partial charge on any atom is 0.303 e. The highest BCUT2D eigenvalue weighted by Gasteiger charge is 2.01. The lowest BCUT2D eigenvalue weighted by Gasteiger charge is -2.02. The lowest BCUT2D eigenvalue weighted by atomic mass is 10.0. The minimum Gasteiger partial charge on any atom is -0.481 e. The third kappa shape index (κ3) is 17.1. The Labute approximate surface area is 153 Å². The molecule has 1 aliphatic heterocycles. The molecule has 0 saturated carbocycles. The van der Waals surface area contributed by atoms with E-state index in [1.165, 1.54) is 77.0 Å². The lowest BCUT2D eigenvalue weighted by Crippen LogP contribution is -1.93. The largest absolute Gasteiger partial charge is 0.481 e. The molecule has 0 radical (unpaired) electrons. The monoisotopic (exact) mass is 348 g/mol. The fourth-order valence-corrected chi connectivity index (χ4v) is 2.92. The predicted molar refractivity (Wildman–Crippen MR) is 104 cm³/mol. The van der Waals surface area contributed by atoms with Gasteiger partial charge in [-0.1, -0.05) is 88.9 Å². The van der Waals surface area contributed by atoms with E-state index in [1.807, 2.05) is 12.2 Å². The highest BCUT2D eigenvalue weighted by Crippen LogP contribution is 2.14. The summed E-state index contributed by atoms with van der Waals surface area (Å²) in [6.07, 6.45) is 28.2. The maximum atomic E-state index is 10.4. The van der Waals surface area contributed by atoms with Crippen molar-refractivity contribution in [3.8, 4) is 0 Å². The zero-order chi connectivity index (χ0) is 18.0. The zero-order valence-electron chi connectivity index (χ0n) is 15.8. The number of rotatable bonds is 18. The fourth-order valence-electron chi connectivity index (χ4n) is 2.92. The van der Waals surface area contributed by atoms with Crippen molar-refractivity contribution in [1.29, 1.82) is 0 Å². The lowest BCUT2D eigenvalue weighted by molar-refractivity contribution is -0.137. The average molecular weight is 349 g/mol. The SMILES string of the molecule is O=C(O)CCCCCCCCCCCCCCCC=CC=CC1=CO1. The first kappa shape index (κ1) is 21.5. The van der Waals surface area contributed by atoms with Gasteiger partial charge in [0.2, 0.25) is 0 Å². The summed E-state index contributed by atoms with van der Waals surface area (Å²) < 4.78 is 4.90. The third-order valence-electron chi connectivity index (χ3n) is 4.52. The molecule has 0 atom stereocenters. The summed E-state index contributed by atoms with van der Waals surface area (Å²) in [5.41, 5.74) is 0. The van der Waals surface area contributed by atoms with E-state index < -0.39 is 5.97 Å². The van der Waals surface area contributed by atoms with Crippen LogP contribution in [0.25, 0.3) is 0 Å². The van der Waals surface area contributed by atoms with Gasteiger partial charge in [0.1, 0.15) is 6.26 Å². The molecule has 1 aliphatic rings. The summed E-state index contributed by atoms with van der Waals surface area (Å²) >= 11 is 0. The summed E-state index contributed by atoms with van der Waals surface area (Å²) in [5, 5.41) is 8.56. The van der Waals surface area contributed by atoms with Gasteiger partial charge in [-0.25, -0.2) is 0 Å². The van der Waals surface area contributed by atoms with Crippen LogP contribution < -0.4 is 0 Å². The molecule has 3 nitrogen and oxygen atoms in total. The molecule has 0 unspecified atom stereocenters. The smallest absolute Gasteiger partial charge is 0.303 e. The van der Waals surface area contributed by atoms with Gasteiger partial charge in [0.05, 0.1) is 0 Å². The van der Waals surface area contributed by atoms with Gasteiger partial charge < -0.3 is 9.84 Å². The number of aliphatic carboxylic acids is 1. The van der Waals surface area contributed by atoms with Crippen molar-refractivity contribution in [2.75, 3.05) is 0 Å². The molecule has 25 heavy (non-hydrogen) atoms. The third-order valence-corrected chi connectivity index (χ3v) is 4.52. The van der Waals surface area contributed by atoms with Gasteiger partial charge in [0.15, 0.2) is 5.76 Å². The van der Waals surface area contributed by atoms with Gasteiger partial charge in [-0.05, 0) is 25.3 Å². The number of hydrogen-bond donors (Lipinski definition) is 1. The van der Waals surface area contributed by atoms with Crippen LogP contribution in [-0.4, -0.2) is 11.1 Å². The molecule has 0 aromatic rings. The Bertz CT molecular complexity index is 421. The molecule has 0 bridgehead atoms. The van der Waals surface area contributed by atoms with Crippen LogP contribution in [0.2, 0.25) is 0 Å². The number of carboxylic acid groups (broad SMARTS) is 1. The number of carbonyl (C=O) groups is 1. The first-order chi connectivity index (χ1) is 12.3. The Morgan fingerprint density at radius 1 is 0.800 bits per heavy atom. The summed E-state index contributed by atoms with van der Waals surface area (Å²) in [7, 11) is 0. The predicted octanol–water partition coefficient (Wildman–Crippen LogP) is 6.91. The van der Waals surface area contributed by atoms with Crippen LogP contribution >= 0.6 is 0 Å². The van der Waals surface area contributed by atoms with E-state index in [4.69, 9.17) is 9.84 Å². The van der Waals surface area contributed by atoms with Crippen LogP contribution in [-0.2, 0) is 9.53 Å². The second-order valence-corrected chi connectivity index (χ2v) is 6.95. The van der Waals surface area contributed by atoms with E-state index in [1.54, 1.807) is 6.26 Å². The maximum absolute atomic E-state index is 10.4. The zero-order valence-corrected chi connectivity index (χ0v) is 15.8. The minimum atomic E-state index is -0.661. The van der Waals surface area contributed by atoms with Crippen LogP contribution in [0.4, 0.5) is 0 Å². The molecule has 142 valence electrons. The van der Waals surface area contributed by atoms with Gasteiger partial charge in [0, 0.05) is 6.42 Å². The number of unbranched alkanes of at least 4 members (excludes halogenated alkanes) is 13. The van der Waals surface area contributed by atoms with Crippen molar-refractivity contribution in [2.24, 2.45) is 0 Å². The molecule has 1 heterocycles. The minimum absolute atomic E-state index is 0.335. The summed E-state index contributed by atoms with van der Waals surface area (Å²) in [6, 6.07) is 0. The van der Waals surface area contributed by atoms with Crippen molar-refractivity contribution in [1.82, 2.24) is 0 Å². The van der Waals surface area contributed by atoms with E-state index in [2.05, 4.69) is 12.2 Å². The Morgan fingerprint density at radius 3 is 1.76 bits per heavy atom. The Hall–Kier alpha value is -1.51. The number of carboxylic acids is 1. The van der Waals surface area contributed by atoms with E-state index >= 15 is 0 Å². The van der Waals surface area contributed by atoms with Crippen molar-refractivity contribution in [3.63, 3.8) is 0 Å². The quantitative estimate of drug-likeness (QED) is 0.216. The molecule has 0 aliphatic carbocycles. The molecule has 0 saturated heterocycles. The van der Waals surface area contributed by atoms with Crippen molar-refractivity contribution in [2.45, 2.75) is 96.3 Å². The van der Waals surface area contributed by atoms with E-state index in [-0.39, 0.29) is 0 Å². The highest BCUT2D eigenvalue weighted by atomic mass is 16.5. The average Bonchev–Trinajstić information content (AvgIpc) is 3.41. The molecule has 0 aromatic heterocycles. The second-order valence-electron chi connectivity index (χ2n) is 6.95. The second kappa shape index (κ2) is 16.0. The number of hydrogen-bond acceptors (Lipinski definition) is 2. The topological polar surface area (TPSA) is 49.8 Å². The Balaban J connectivity index is 1.67. The van der Waals surface area contributed by atoms with Crippen molar-refractivity contribution >= 4 is 5.97 Å². The first-order valence-corrected chi connectivity index (χ1v) is 10.2. The van der Waals surface area contributed by atoms with Crippen molar-refractivity contribution in [3.05, 3.63) is 36.3 Å². The molecule has 0 fully saturated rings. The van der Waals surface area contributed by atoms with Gasteiger partial charge in [0.25, 0.3) is 0 Å². The molecule has 1 rings (SSSR count). The van der Waals surface area contributed by atoms with E-state index in [9.17, 15) is 4.79 Å². The van der Waals surface area contributed by atoms with Crippen LogP contribution in [0.3, 0.4) is 0 Å². The van der Waals surface area contributed by atoms with Gasteiger partial charge in [-0.2, -0.15) is 0 Å². The highest BCUT2D eigenvalue weighted by molar-refractivity contribution is 5.66. The summed E-state index contributed by atoms with van der Waals surface area (Å²) in [6.45, 7) is 0. The normalized spacial score (nSPS) is 13.4. The van der Waals surface area contributed by atoms with E-state index in [0.717, 1.165) is 18.6 Å². The molecular formula is C22H36O3. The molecule has 0 amide bonds. The standard InChI is InChI=1S/C22H36O3/c23-22(24)19-17-15-13-11-9-7-5-3-1-2-4-6-8-10-12-14-16-18-21-20-25-21/h12,14,16,18,20H,1-11,13,15,17,19H2,(H,23,24). The molecule has 3 heteroatoms. The van der Waals surface area contributed by atoms with Crippen LogP contribution in [0, 0.1) is 0 Å². The van der Waals surface area contributed by atoms with Crippen LogP contribution in [0.15, 0.2) is 36.3 Å².